The highest BCUT2D eigenvalue weighted by molar-refractivity contribution is 6.79. The van der Waals surface area contributed by atoms with Crippen LogP contribution < -0.4 is 153 Å². The fraction of sp³-hybridized carbons (Fsp3) is 0. The van der Waals surface area contributed by atoms with Crippen molar-refractivity contribution in [2.24, 2.45) is 0 Å². The van der Waals surface area contributed by atoms with Crippen LogP contribution in [0.5, 0.6) is 0 Å². The predicted molar refractivity (Wildman–Crippen MR) is 359 cm³/mol. The van der Waals surface area contributed by atoms with Crippen LogP contribution in [0.1, 0.15) is 0 Å². The van der Waals surface area contributed by atoms with E-state index in [2.05, 4.69) is 0 Å². The molecule has 0 spiro atoms. The average molecular weight is 879 g/mol. The Morgan fingerprint density at radius 3 is 0.461 bits per heavy atom. The van der Waals surface area contributed by atoms with Crippen molar-refractivity contribution in [3.05, 3.63) is 0 Å². The number of benzene rings is 11. The first-order chi connectivity index (χ1) is 35.5. The lowest BCUT2D eigenvalue weighted by molar-refractivity contribution is 1.82. The van der Waals surface area contributed by atoms with Crippen LogP contribution in [0.4, 0.5) is 0 Å². The Balaban J connectivity index is 1.36. The Kier molecular flexibility index (Phi) is 12.4. The molecule has 0 amide bonds. The largest absolute Gasteiger partial charge is 0.115 e. The minimum atomic E-state index is -0.259. The van der Waals surface area contributed by atoms with Gasteiger partial charge in [0.05, 0.1) is 0 Å². The van der Waals surface area contributed by atoms with Gasteiger partial charge < -0.3 is 0 Å². The summed E-state index contributed by atoms with van der Waals surface area (Å²) in [5.74, 6) is 0. The van der Waals surface area contributed by atoms with E-state index in [9.17, 15) is 0 Å². The van der Waals surface area contributed by atoms with Gasteiger partial charge in [-0.2, -0.15) is 0 Å². The van der Waals surface area contributed by atoms with Crippen molar-refractivity contribution in [2.45, 2.75) is 0 Å². The third-order valence-electron chi connectivity index (χ3n) is 15.6. The zero-order valence-corrected chi connectivity index (χ0v) is 40.2. The summed E-state index contributed by atoms with van der Waals surface area (Å²) in [4.78, 5) is 0. The molecule has 11 rings (SSSR count). The van der Waals surface area contributed by atoms with E-state index >= 15 is 0 Å². The third kappa shape index (κ3) is 6.32. The molecule has 11 aromatic rings. The van der Waals surface area contributed by atoms with E-state index in [0.717, 1.165) is 0 Å². The molecule has 0 aliphatic carbocycles. The zero-order chi connectivity index (χ0) is 55.7. The molecular weight excluding hydrogens is 879 g/mol. The highest BCUT2D eigenvalue weighted by atomic mass is 14.3. The number of rotatable bonds is 3. The molecule has 0 saturated heterocycles. The van der Waals surface area contributed by atoms with Crippen molar-refractivity contribution < 1.29 is 0 Å². The number of hydrogen-bond donors (Lipinski definition) is 0. The predicted octanol–water partition coefficient (Wildman–Crippen LogP) is -20.1. The minimum Gasteiger partial charge on any atom is -0.110 e. The van der Waals surface area contributed by atoms with E-state index in [1.54, 1.807) is 0 Å². The van der Waals surface area contributed by atoms with Crippen molar-refractivity contribution in [1.29, 1.82) is 0 Å². The minimum absolute atomic E-state index is 0.000711. The van der Waals surface area contributed by atoms with Gasteiger partial charge in [0.1, 0.15) is 220 Å². The number of hydrogen-bond acceptors (Lipinski definition) is 0. The fourth-order valence-electron chi connectivity index (χ4n) is 11.8. The van der Waals surface area contributed by atoms with Crippen LogP contribution in [0.15, 0.2) is 0 Å². The van der Waals surface area contributed by atoms with Gasteiger partial charge in [0, 0.05) is 0 Å². The lowest BCUT2D eigenvalue weighted by Gasteiger charge is -2.34. The van der Waals surface area contributed by atoms with Gasteiger partial charge in [0.2, 0.25) is 0 Å². The van der Waals surface area contributed by atoms with Gasteiger partial charge in [-0.3, -0.25) is 0 Å². The molecule has 276 valence electrons. The Morgan fingerprint density at radius 1 is 0.0789 bits per heavy atom. The Labute approximate surface area is 478 Å². The lowest BCUT2D eigenvalue weighted by atomic mass is 9.55. The second-order valence-corrected chi connectivity index (χ2v) is 19.1. The van der Waals surface area contributed by atoms with Gasteiger partial charge in [-0.05, 0) is 109 Å². The Hall–Kier alpha value is -4.42. The standard InChI is InChI=1S/C48B28/c49-21-19(11-6-2-4-16(33(61)23(6)51)39(67)45(73)41(69)18(4)37(65)35(63)14(2)31(59)27(11)55)42(70)46(74)43(71)20(21)12-10-9(28(56)47(75)48(76)29(10)57)8(24(52)26(12)54)7-5-1-3-15(32(60)22(5)50)38(66)44(72)40(68)17(3)36(64)34(62)13(1)30(58)25(7)53. The first-order valence-corrected chi connectivity index (χ1v) is 22.6. The van der Waals surface area contributed by atoms with E-state index in [-0.39, 0.29) is 251 Å². The monoisotopic (exact) mass is 884 g/mol. The molecule has 0 aliphatic heterocycles. The summed E-state index contributed by atoms with van der Waals surface area (Å²) in [5.41, 5.74) is -3.25. The molecule has 0 aromatic heterocycles. The molecule has 0 fully saturated rings. The smallest absolute Gasteiger partial charge is 0.110 e. The van der Waals surface area contributed by atoms with Crippen LogP contribution in [-0.2, 0) is 0 Å². The topological polar surface area (TPSA) is 0 Å². The van der Waals surface area contributed by atoms with Crippen molar-refractivity contribution in [2.75, 3.05) is 0 Å². The normalized spacial score (nSPS) is 12.1. The maximum atomic E-state index is 7.41. The fourth-order valence-corrected chi connectivity index (χ4v) is 11.8. The average Bonchev–Trinajstić information content (AvgIpc) is 3.45. The third-order valence-corrected chi connectivity index (χ3v) is 15.6. The Bertz CT molecular complexity index is 4610. The second-order valence-electron chi connectivity index (χ2n) is 19.1. The highest BCUT2D eigenvalue weighted by Crippen LogP contribution is 2.38. The van der Waals surface area contributed by atoms with Crippen molar-refractivity contribution >= 4 is 448 Å². The lowest BCUT2D eigenvalue weighted by Crippen LogP contribution is -2.51. The molecule has 0 bridgehead atoms. The summed E-state index contributed by atoms with van der Waals surface area (Å²) >= 11 is 0. The van der Waals surface area contributed by atoms with Gasteiger partial charge in [-0.15, -0.1) is 27.3 Å². The molecule has 0 heterocycles. The maximum absolute atomic E-state index is 7.41. The zero-order valence-electron chi connectivity index (χ0n) is 40.2. The molecular formula is C48B28. The molecule has 0 saturated carbocycles. The maximum Gasteiger partial charge on any atom is 0.115 e. The summed E-state index contributed by atoms with van der Waals surface area (Å²) in [6, 6.07) is 0. The molecule has 0 N–H and O–H groups in total. The molecule has 0 unspecified atom stereocenters. The summed E-state index contributed by atoms with van der Waals surface area (Å²) in [7, 11) is 193. The molecule has 0 aliphatic rings. The molecule has 0 nitrogen and oxygen atoms in total. The molecule has 56 radical (unpaired) electrons. The summed E-state index contributed by atoms with van der Waals surface area (Å²) < 4.78 is 0. The number of fused-ring (bicyclic) bond motifs is 1. The van der Waals surface area contributed by atoms with E-state index in [1.807, 2.05) is 0 Å². The van der Waals surface area contributed by atoms with Crippen LogP contribution in [0, 0.1) is 0 Å². The first-order valence-electron chi connectivity index (χ1n) is 22.6. The molecule has 11 aromatic carbocycles. The van der Waals surface area contributed by atoms with Gasteiger partial charge in [0.15, 0.2) is 0 Å². The molecule has 28 heteroatoms. The summed E-state index contributed by atoms with van der Waals surface area (Å²) in [6.07, 6.45) is 0. The van der Waals surface area contributed by atoms with Crippen molar-refractivity contribution in [3.8, 4) is 33.4 Å². The van der Waals surface area contributed by atoms with Crippen LogP contribution in [-0.4, -0.2) is 220 Å². The van der Waals surface area contributed by atoms with Gasteiger partial charge >= 0.3 is 0 Å². The highest BCUT2D eigenvalue weighted by Gasteiger charge is 2.32. The summed E-state index contributed by atoms with van der Waals surface area (Å²) in [6.45, 7) is 0. The van der Waals surface area contributed by atoms with Crippen LogP contribution in [0.3, 0.4) is 0 Å². The van der Waals surface area contributed by atoms with E-state index in [1.165, 1.54) is 0 Å². The van der Waals surface area contributed by atoms with E-state index < -0.39 is 0 Å². The van der Waals surface area contributed by atoms with Gasteiger partial charge in [-0.1, -0.05) is 126 Å². The quantitative estimate of drug-likeness (QED) is 0.123. The first kappa shape index (κ1) is 53.6. The van der Waals surface area contributed by atoms with Crippen molar-refractivity contribution in [1.82, 2.24) is 0 Å². The molecule has 0 atom stereocenters. The van der Waals surface area contributed by atoms with Crippen LogP contribution in [0.25, 0.3) is 109 Å². The second kappa shape index (κ2) is 17.5. The van der Waals surface area contributed by atoms with Gasteiger partial charge in [0.25, 0.3) is 0 Å². The van der Waals surface area contributed by atoms with Gasteiger partial charge in [-0.25, -0.2) is 0 Å². The van der Waals surface area contributed by atoms with E-state index in [0.29, 0.717) is 10.8 Å². The van der Waals surface area contributed by atoms with Crippen molar-refractivity contribution in [3.63, 3.8) is 0 Å². The summed E-state index contributed by atoms with van der Waals surface area (Å²) in [5, 5.41) is 2.51. The van der Waals surface area contributed by atoms with E-state index in [4.69, 9.17) is 220 Å². The van der Waals surface area contributed by atoms with Crippen LogP contribution >= 0.6 is 0 Å². The molecule has 76 heavy (non-hydrogen) atoms. The van der Waals surface area contributed by atoms with Crippen LogP contribution in [0.2, 0.25) is 0 Å². The SMILES string of the molecule is [B]c1c([B])c(-c2c([B])c([B])c(-c3c([B])c([B])c4c([B])c([B])c5c([B])c([B])c([B])c6c([B])c([B])c3c4c56)c3c([B])c([B])c([B])c([B])c23)c([B])c(-c2c([B])c([B])c3c([B])c([B])c4c([B])c([B])c([B])c5c([B])c([B])c2c3c45)c1[B]. The Morgan fingerprint density at radius 2 is 0.197 bits per heavy atom.